The van der Waals surface area contributed by atoms with Gasteiger partial charge >= 0.3 is 6.18 Å². The Hall–Kier alpha value is -2.24. The number of H-pyrrole nitrogens is 1. The fourth-order valence-corrected chi connectivity index (χ4v) is 6.32. The number of nitrogens with one attached hydrogen (secondary N) is 1. The minimum Gasteiger partial charge on any atom is -0.281 e. The van der Waals surface area contributed by atoms with Crippen LogP contribution in [0, 0.1) is 13.8 Å². The van der Waals surface area contributed by atoms with E-state index in [1.165, 1.54) is 21.7 Å². The van der Waals surface area contributed by atoms with E-state index in [0.717, 1.165) is 22.7 Å². The van der Waals surface area contributed by atoms with Gasteiger partial charge in [0.2, 0.25) is 10.0 Å². The summed E-state index contributed by atoms with van der Waals surface area (Å²) in [6.07, 6.45) is -4.03. The highest BCUT2D eigenvalue weighted by Crippen LogP contribution is 2.36. The highest BCUT2D eigenvalue weighted by atomic mass is 32.2. The third kappa shape index (κ3) is 3.58. The minimum absolute atomic E-state index is 0.137. The van der Waals surface area contributed by atoms with Crippen molar-refractivity contribution in [3.05, 3.63) is 51.8 Å². The van der Waals surface area contributed by atoms with Crippen molar-refractivity contribution in [1.29, 1.82) is 0 Å². The first-order chi connectivity index (χ1) is 13.6. The number of alkyl halides is 3. The molecule has 1 aromatic carbocycles. The number of aromatic nitrogens is 3. The van der Waals surface area contributed by atoms with E-state index in [2.05, 4.69) is 15.2 Å². The highest BCUT2D eigenvalue weighted by Gasteiger charge is 2.34. The number of hydrogen-bond donors (Lipinski definition) is 1. The van der Waals surface area contributed by atoms with E-state index < -0.39 is 21.8 Å². The molecule has 0 spiro atoms. The molecule has 0 amide bonds. The molecule has 0 unspecified atom stereocenters. The molecular formula is C18H17F3N4O2S2. The molecule has 3 heterocycles. The highest BCUT2D eigenvalue weighted by molar-refractivity contribution is 7.89. The topological polar surface area (TPSA) is 79.0 Å². The minimum atomic E-state index is -4.43. The van der Waals surface area contributed by atoms with Crippen LogP contribution < -0.4 is 0 Å². The molecule has 154 valence electrons. The zero-order valence-corrected chi connectivity index (χ0v) is 17.2. The summed E-state index contributed by atoms with van der Waals surface area (Å²) in [7, 11) is -3.73. The third-order valence-electron chi connectivity index (χ3n) is 4.79. The first kappa shape index (κ1) is 20.0. The lowest BCUT2D eigenvalue weighted by molar-refractivity contribution is -0.137. The fraction of sp³-hybridized carbons (Fsp3) is 0.333. The molecule has 0 radical (unpaired) electrons. The van der Waals surface area contributed by atoms with E-state index >= 15 is 0 Å². The van der Waals surface area contributed by atoms with Crippen molar-refractivity contribution < 1.29 is 21.6 Å². The Morgan fingerprint density at radius 3 is 2.66 bits per heavy atom. The number of aryl methyl sites for hydroxylation is 2. The molecule has 1 aliphatic heterocycles. The summed E-state index contributed by atoms with van der Waals surface area (Å²) in [5.41, 5.74) is 1.24. The standard InChI is InChI=1S/C18H17F3N4O2S2/c1-10-16(11(2)24-23-10)29(26,27)25-7-6-14-15(9-25)28-17(22-14)12-4-3-5-13(8-12)18(19,20)21/h3-5,8H,6-7,9H2,1-2H3,(H,23,24). The van der Waals surface area contributed by atoms with Crippen LogP contribution in [0.25, 0.3) is 10.6 Å². The van der Waals surface area contributed by atoms with Gasteiger partial charge in [-0.3, -0.25) is 5.10 Å². The number of aromatic amines is 1. The van der Waals surface area contributed by atoms with Crippen LogP contribution in [0.1, 0.15) is 27.5 Å². The molecule has 0 saturated heterocycles. The van der Waals surface area contributed by atoms with Gasteiger partial charge in [0.25, 0.3) is 0 Å². The van der Waals surface area contributed by atoms with Crippen LogP contribution in [0.15, 0.2) is 29.2 Å². The summed E-state index contributed by atoms with van der Waals surface area (Å²) in [6, 6.07) is 5.00. The van der Waals surface area contributed by atoms with Gasteiger partial charge in [0.05, 0.1) is 29.2 Å². The summed E-state index contributed by atoms with van der Waals surface area (Å²) < 4.78 is 66.5. The number of fused-ring (bicyclic) bond motifs is 1. The van der Waals surface area contributed by atoms with E-state index in [1.54, 1.807) is 19.9 Å². The Balaban J connectivity index is 1.65. The quantitative estimate of drug-likeness (QED) is 0.667. The summed E-state index contributed by atoms with van der Waals surface area (Å²) >= 11 is 1.23. The Kier molecular flexibility index (Phi) is 4.79. The van der Waals surface area contributed by atoms with Crippen molar-refractivity contribution in [1.82, 2.24) is 19.5 Å². The molecule has 0 fully saturated rings. The van der Waals surface area contributed by atoms with Gasteiger partial charge in [0.15, 0.2) is 0 Å². The lowest BCUT2D eigenvalue weighted by Gasteiger charge is -2.25. The lowest BCUT2D eigenvalue weighted by atomic mass is 10.1. The molecule has 4 rings (SSSR count). The number of benzene rings is 1. The van der Waals surface area contributed by atoms with Crippen molar-refractivity contribution in [3.63, 3.8) is 0 Å². The van der Waals surface area contributed by atoms with Crippen molar-refractivity contribution >= 4 is 21.4 Å². The van der Waals surface area contributed by atoms with E-state index in [9.17, 15) is 21.6 Å². The number of hydrogen-bond acceptors (Lipinski definition) is 5. The van der Waals surface area contributed by atoms with E-state index in [0.29, 0.717) is 28.4 Å². The van der Waals surface area contributed by atoms with Crippen LogP contribution in [0.4, 0.5) is 13.2 Å². The second-order valence-electron chi connectivity index (χ2n) is 6.82. The SMILES string of the molecule is Cc1n[nH]c(C)c1S(=O)(=O)N1CCc2nc(-c3cccc(C(F)(F)F)c3)sc2C1. The van der Waals surface area contributed by atoms with Gasteiger partial charge in [-0.2, -0.15) is 22.6 Å². The summed E-state index contributed by atoms with van der Waals surface area (Å²) in [4.78, 5) is 5.38. The number of sulfonamides is 1. The second-order valence-corrected chi connectivity index (χ2v) is 9.78. The third-order valence-corrected chi connectivity index (χ3v) is 8.03. The maximum absolute atomic E-state index is 13.1. The zero-order valence-electron chi connectivity index (χ0n) is 15.5. The number of nitrogens with zero attached hydrogens (tertiary/aromatic N) is 3. The van der Waals surface area contributed by atoms with Crippen LogP contribution in [-0.4, -0.2) is 34.4 Å². The van der Waals surface area contributed by atoms with Crippen molar-refractivity contribution in [2.45, 2.75) is 37.9 Å². The van der Waals surface area contributed by atoms with E-state index in [4.69, 9.17) is 0 Å². The smallest absolute Gasteiger partial charge is 0.281 e. The molecule has 6 nitrogen and oxygen atoms in total. The van der Waals surface area contributed by atoms with E-state index in [-0.39, 0.29) is 18.0 Å². The maximum atomic E-state index is 13.1. The Morgan fingerprint density at radius 2 is 2.00 bits per heavy atom. The second kappa shape index (κ2) is 6.92. The van der Waals surface area contributed by atoms with Gasteiger partial charge in [-0.05, 0) is 26.0 Å². The molecule has 0 saturated carbocycles. The predicted molar refractivity (Wildman–Crippen MR) is 102 cm³/mol. The molecular weight excluding hydrogens is 425 g/mol. The van der Waals surface area contributed by atoms with Crippen LogP contribution >= 0.6 is 11.3 Å². The number of thiazole rings is 1. The van der Waals surface area contributed by atoms with Crippen LogP contribution in [0.2, 0.25) is 0 Å². The molecule has 11 heteroatoms. The number of halogens is 3. The molecule has 0 bridgehead atoms. The van der Waals surface area contributed by atoms with Gasteiger partial charge in [0, 0.05) is 23.4 Å². The van der Waals surface area contributed by atoms with Gasteiger partial charge in [-0.1, -0.05) is 12.1 Å². The first-order valence-corrected chi connectivity index (χ1v) is 11.0. The largest absolute Gasteiger partial charge is 0.416 e. The maximum Gasteiger partial charge on any atom is 0.416 e. The molecule has 1 N–H and O–H groups in total. The predicted octanol–water partition coefficient (Wildman–Crippen LogP) is 3.92. The lowest BCUT2D eigenvalue weighted by Crippen LogP contribution is -2.36. The normalized spacial score (nSPS) is 15.5. The average Bonchev–Trinajstić information content (AvgIpc) is 3.23. The van der Waals surface area contributed by atoms with E-state index in [1.807, 2.05) is 0 Å². The van der Waals surface area contributed by atoms with Crippen molar-refractivity contribution in [2.75, 3.05) is 6.54 Å². The van der Waals surface area contributed by atoms with Gasteiger partial charge in [-0.25, -0.2) is 13.4 Å². The van der Waals surface area contributed by atoms with Crippen molar-refractivity contribution in [3.8, 4) is 10.6 Å². The monoisotopic (exact) mass is 442 g/mol. The van der Waals surface area contributed by atoms with Crippen LogP contribution in [-0.2, 0) is 29.2 Å². The summed E-state index contributed by atoms with van der Waals surface area (Å²) in [5, 5.41) is 7.10. The molecule has 0 aliphatic carbocycles. The van der Waals surface area contributed by atoms with Crippen molar-refractivity contribution in [2.24, 2.45) is 0 Å². The summed E-state index contributed by atoms with van der Waals surface area (Å²) in [5.74, 6) is 0. The van der Waals surface area contributed by atoms with Gasteiger partial charge < -0.3 is 0 Å². The van der Waals surface area contributed by atoms with Crippen LogP contribution in [0.3, 0.4) is 0 Å². The Morgan fingerprint density at radius 1 is 1.24 bits per heavy atom. The van der Waals surface area contributed by atoms with Gasteiger partial charge in [0.1, 0.15) is 9.90 Å². The van der Waals surface area contributed by atoms with Crippen LogP contribution in [0.5, 0.6) is 0 Å². The molecule has 29 heavy (non-hydrogen) atoms. The zero-order chi connectivity index (χ0) is 21.0. The molecule has 0 atom stereocenters. The summed E-state index contributed by atoms with van der Waals surface area (Å²) in [6.45, 7) is 3.68. The number of rotatable bonds is 3. The fourth-order valence-electron chi connectivity index (χ4n) is 3.38. The molecule has 2 aromatic heterocycles. The molecule has 1 aliphatic rings. The average molecular weight is 442 g/mol. The Bertz CT molecular complexity index is 1160. The first-order valence-electron chi connectivity index (χ1n) is 8.75. The Labute approximate surface area is 169 Å². The molecule has 3 aromatic rings. The van der Waals surface area contributed by atoms with Gasteiger partial charge in [-0.15, -0.1) is 11.3 Å².